The Morgan fingerprint density at radius 1 is 1.47 bits per heavy atom. The maximum atomic E-state index is 13.8. The fourth-order valence-electron chi connectivity index (χ4n) is 1.79. The number of hydrogen-bond acceptors (Lipinski definition) is 4. The molecule has 2 rings (SSSR count). The monoisotopic (exact) mass is 280 g/mol. The van der Waals surface area contributed by atoms with Crippen molar-refractivity contribution in [3.05, 3.63) is 56.5 Å². The average Bonchev–Trinajstić information content (AvgIpc) is 2.91. The normalized spacial score (nSPS) is 12.1. The zero-order valence-electron chi connectivity index (χ0n) is 10.3. The molecule has 1 heterocycles. The lowest BCUT2D eigenvalue weighted by Crippen LogP contribution is -2.09. The lowest BCUT2D eigenvalue weighted by molar-refractivity contribution is -0.385. The Bertz CT molecular complexity index is 572. The van der Waals surface area contributed by atoms with Crippen molar-refractivity contribution in [1.29, 1.82) is 0 Å². The molecule has 19 heavy (non-hydrogen) atoms. The molecule has 0 radical (unpaired) electrons. The van der Waals surface area contributed by atoms with E-state index in [0.717, 1.165) is 17.4 Å². The van der Waals surface area contributed by atoms with Gasteiger partial charge in [-0.15, -0.1) is 11.3 Å². The zero-order valence-corrected chi connectivity index (χ0v) is 11.1. The number of rotatable bonds is 5. The summed E-state index contributed by atoms with van der Waals surface area (Å²) in [5.41, 5.74) is 0.0399. The van der Waals surface area contributed by atoms with Gasteiger partial charge in [-0.1, -0.05) is 13.0 Å². The molecule has 1 aromatic heterocycles. The Morgan fingerprint density at radius 3 is 2.79 bits per heavy atom. The van der Waals surface area contributed by atoms with Crippen LogP contribution in [-0.2, 0) is 0 Å². The van der Waals surface area contributed by atoms with Crippen LogP contribution in [0.15, 0.2) is 35.7 Å². The average molecular weight is 280 g/mol. The third kappa shape index (κ3) is 3.08. The van der Waals surface area contributed by atoms with E-state index < -0.39 is 10.7 Å². The van der Waals surface area contributed by atoms with Crippen molar-refractivity contribution in [3.8, 4) is 0 Å². The molecule has 4 nitrogen and oxygen atoms in total. The van der Waals surface area contributed by atoms with Crippen LogP contribution in [0.5, 0.6) is 0 Å². The van der Waals surface area contributed by atoms with E-state index in [2.05, 4.69) is 5.32 Å². The molecule has 1 N–H and O–H groups in total. The number of thiophene rings is 1. The second-order valence-corrected chi connectivity index (χ2v) is 5.02. The molecule has 2 aromatic rings. The Kier molecular flexibility index (Phi) is 4.11. The van der Waals surface area contributed by atoms with Crippen LogP contribution in [0.4, 0.5) is 15.8 Å². The van der Waals surface area contributed by atoms with Crippen molar-refractivity contribution in [2.75, 3.05) is 5.32 Å². The molecule has 1 aromatic carbocycles. The second kappa shape index (κ2) is 5.79. The second-order valence-electron chi connectivity index (χ2n) is 4.04. The molecular weight excluding hydrogens is 267 g/mol. The topological polar surface area (TPSA) is 55.2 Å². The van der Waals surface area contributed by atoms with Gasteiger partial charge in [0.1, 0.15) is 0 Å². The van der Waals surface area contributed by atoms with Gasteiger partial charge < -0.3 is 5.32 Å². The van der Waals surface area contributed by atoms with Gasteiger partial charge in [0, 0.05) is 10.9 Å². The van der Waals surface area contributed by atoms with Crippen LogP contribution < -0.4 is 5.32 Å². The smallest absolute Gasteiger partial charge is 0.272 e. The minimum Gasteiger partial charge on any atom is -0.375 e. The van der Waals surface area contributed by atoms with Crippen LogP contribution in [0.2, 0.25) is 0 Å². The summed E-state index contributed by atoms with van der Waals surface area (Å²) in [6.07, 6.45) is 0.803. The molecule has 0 saturated heterocycles. The molecular formula is C13H13FN2O2S. The molecule has 0 saturated carbocycles. The third-order valence-electron chi connectivity index (χ3n) is 2.79. The molecule has 0 aliphatic heterocycles. The minimum atomic E-state index is -0.608. The summed E-state index contributed by atoms with van der Waals surface area (Å²) >= 11 is 1.60. The highest BCUT2D eigenvalue weighted by molar-refractivity contribution is 7.10. The predicted molar refractivity (Wildman–Crippen MR) is 74.0 cm³/mol. The number of nitrogens with one attached hydrogen (secondary N) is 1. The minimum absolute atomic E-state index is 0.0101. The van der Waals surface area contributed by atoms with Crippen LogP contribution >= 0.6 is 11.3 Å². The van der Waals surface area contributed by atoms with Gasteiger partial charge in [-0.2, -0.15) is 0 Å². The Morgan fingerprint density at radius 2 is 2.26 bits per heavy atom. The van der Waals surface area contributed by atoms with Crippen molar-refractivity contribution in [2.45, 2.75) is 19.4 Å². The van der Waals surface area contributed by atoms with Gasteiger partial charge in [-0.3, -0.25) is 10.1 Å². The number of benzene rings is 1. The molecule has 1 unspecified atom stereocenters. The van der Waals surface area contributed by atoms with Crippen LogP contribution in [0.3, 0.4) is 0 Å². The van der Waals surface area contributed by atoms with Crippen molar-refractivity contribution in [2.24, 2.45) is 0 Å². The highest BCUT2D eigenvalue weighted by Crippen LogP contribution is 2.28. The van der Waals surface area contributed by atoms with E-state index in [4.69, 9.17) is 0 Å². The zero-order chi connectivity index (χ0) is 13.8. The molecule has 0 aliphatic carbocycles. The van der Waals surface area contributed by atoms with Crippen LogP contribution in [0, 0.1) is 15.9 Å². The molecule has 0 amide bonds. The highest BCUT2D eigenvalue weighted by atomic mass is 32.1. The van der Waals surface area contributed by atoms with E-state index in [0.29, 0.717) is 0 Å². The first-order valence-corrected chi connectivity index (χ1v) is 6.73. The fourth-order valence-corrected chi connectivity index (χ4v) is 2.65. The summed E-state index contributed by atoms with van der Waals surface area (Å²) in [6.45, 7) is 2.00. The Balaban J connectivity index is 2.21. The maximum absolute atomic E-state index is 13.8. The van der Waals surface area contributed by atoms with Crippen molar-refractivity contribution < 1.29 is 9.31 Å². The van der Waals surface area contributed by atoms with Crippen molar-refractivity contribution in [1.82, 2.24) is 0 Å². The maximum Gasteiger partial charge on any atom is 0.272 e. The van der Waals surface area contributed by atoms with Gasteiger partial charge in [0.15, 0.2) is 5.82 Å². The van der Waals surface area contributed by atoms with Crippen LogP contribution in [0.25, 0.3) is 0 Å². The predicted octanol–water partition coefficient (Wildman–Crippen LogP) is 4.36. The highest BCUT2D eigenvalue weighted by Gasteiger charge is 2.15. The molecule has 1 atom stereocenters. The number of non-ortho nitro benzene ring substituents is 1. The number of nitro benzene ring substituents is 1. The summed E-state index contributed by atoms with van der Waals surface area (Å²) in [4.78, 5) is 11.1. The van der Waals surface area contributed by atoms with Crippen molar-refractivity contribution >= 4 is 22.7 Å². The van der Waals surface area contributed by atoms with Gasteiger partial charge in [0.2, 0.25) is 0 Å². The van der Waals surface area contributed by atoms with E-state index in [1.165, 1.54) is 12.1 Å². The number of nitrogens with zero attached hydrogens (tertiary/aromatic N) is 1. The fraction of sp³-hybridized carbons (Fsp3) is 0.231. The molecule has 0 aliphatic rings. The molecule has 6 heteroatoms. The first kappa shape index (κ1) is 13.5. The van der Waals surface area contributed by atoms with Gasteiger partial charge in [-0.25, -0.2) is 4.39 Å². The van der Waals surface area contributed by atoms with E-state index in [1.54, 1.807) is 11.3 Å². The largest absolute Gasteiger partial charge is 0.375 e. The SMILES string of the molecule is CCC(Nc1ccc([N+](=O)[O-])cc1F)c1cccs1. The molecule has 0 fully saturated rings. The van der Waals surface area contributed by atoms with Gasteiger partial charge in [-0.05, 0) is 23.9 Å². The Labute approximate surface area is 114 Å². The standard InChI is InChI=1S/C13H13FN2O2S/c1-2-11(13-4-3-7-19-13)15-12-6-5-9(16(17)18)8-10(12)14/h3-8,11,15H,2H2,1H3. The molecule has 0 spiro atoms. The number of nitro groups is 1. The third-order valence-corrected chi connectivity index (χ3v) is 3.77. The van der Waals surface area contributed by atoms with E-state index in [-0.39, 0.29) is 17.4 Å². The Hall–Kier alpha value is -1.95. The number of anilines is 1. The molecule has 0 bridgehead atoms. The number of halogens is 1. The number of hydrogen-bond donors (Lipinski definition) is 1. The lowest BCUT2D eigenvalue weighted by Gasteiger charge is -2.17. The van der Waals surface area contributed by atoms with E-state index in [1.807, 2.05) is 24.4 Å². The first-order valence-electron chi connectivity index (χ1n) is 5.85. The summed E-state index contributed by atoms with van der Waals surface area (Å²) in [5, 5.41) is 15.6. The van der Waals surface area contributed by atoms with Crippen LogP contribution in [0.1, 0.15) is 24.3 Å². The van der Waals surface area contributed by atoms with Crippen molar-refractivity contribution in [3.63, 3.8) is 0 Å². The summed E-state index contributed by atoms with van der Waals surface area (Å²) in [5.74, 6) is -0.607. The van der Waals surface area contributed by atoms with Crippen LogP contribution in [-0.4, -0.2) is 4.92 Å². The first-order chi connectivity index (χ1) is 9.11. The lowest BCUT2D eigenvalue weighted by atomic mass is 10.1. The molecule has 100 valence electrons. The quantitative estimate of drug-likeness (QED) is 0.654. The van der Waals surface area contributed by atoms with E-state index >= 15 is 0 Å². The van der Waals surface area contributed by atoms with E-state index in [9.17, 15) is 14.5 Å². The van der Waals surface area contributed by atoms with Gasteiger partial charge >= 0.3 is 0 Å². The van der Waals surface area contributed by atoms with Gasteiger partial charge in [0.05, 0.1) is 22.7 Å². The summed E-state index contributed by atoms with van der Waals surface area (Å²) in [6, 6.07) is 7.57. The van der Waals surface area contributed by atoms with Gasteiger partial charge in [0.25, 0.3) is 5.69 Å². The summed E-state index contributed by atoms with van der Waals surface area (Å²) < 4.78 is 13.8. The summed E-state index contributed by atoms with van der Waals surface area (Å²) in [7, 11) is 0.